The molecule has 4 nitrogen and oxygen atoms in total. The number of nitrogens with zero attached hydrogens (tertiary/aromatic N) is 2. The minimum Gasteiger partial charge on any atom is -0.399 e. The summed E-state index contributed by atoms with van der Waals surface area (Å²) in [6, 6.07) is 5.90. The van der Waals surface area contributed by atoms with Crippen LogP contribution in [0.2, 0.25) is 0 Å². The maximum absolute atomic E-state index is 5.76. The predicted octanol–water partition coefficient (Wildman–Crippen LogP) is 2.16. The summed E-state index contributed by atoms with van der Waals surface area (Å²) in [5.74, 6) is 0. The zero-order valence-corrected chi connectivity index (χ0v) is 10.3. The lowest BCUT2D eigenvalue weighted by Gasteiger charge is -2.00. The Balaban J connectivity index is 2.66. The third-order valence-electron chi connectivity index (χ3n) is 2.29. The van der Waals surface area contributed by atoms with Crippen molar-refractivity contribution in [3.63, 3.8) is 0 Å². The molecule has 0 atom stereocenters. The van der Waals surface area contributed by atoms with Gasteiger partial charge >= 0.3 is 0 Å². The summed E-state index contributed by atoms with van der Waals surface area (Å²) in [6.45, 7) is 5.47. The molecule has 86 valence electrons. The highest BCUT2D eigenvalue weighted by molar-refractivity contribution is 7.16. The molecule has 1 aromatic heterocycles. The molecule has 0 aliphatic carbocycles. The molecule has 0 spiro atoms. The second-order valence-corrected chi connectivity index (χ2v) is 4.37. The lowest BCUT2D eigenvalue weighted by Crippen LogP contribution is -2.13. The number of hydrogen-bond donors (Lipinski definition) is 1. The summed E-state index contributed by atoms with van der Waals surface area (Å²) >= 11 is 1.59. The monoisotopic (exact) mass is 237 g/mol. The Labute approximate surface area is 97.9 Å². The van der Waals surface area contributed by atoms with Gasteiger partial charge in [-0.05, 0) is 32.0 Å². The van der Waals surface area contributed by atoms with Gasteiger partial charge in [-0.25, -0.2) is 0 Å². The second kappa shape index (κ2) is 4.57. The number of rotatable bonds is 3. The standard InChI is InChI=1S/C11H15N3OS/c1-3-14-9-6-5-8(12)7-10(9)16-11(14)13-15-4-2/h5-7H,3-4,12H2,1-2H3. The zero-order valence-electron chi connectivity index (χ0n) is 9.43. The van der Waals surface area contributed by atoms with E-state index >= 15 is 0 Å². The maximum Gasteiger partial charge on any atom is 0.228 e. The lowest BCUT2D eigenvalue weighted by molar-refractivity contribution is 0.146. The molecule has 2 aromatic rings. The highest BCUT2D eigenvalue weighted by atomic mass is 32.1. The maximum atomic E-state index is 5.76. The van der Waals surface area contributed by atoms with Gasteiger partial charge in [0.2, 0.25) is 4.80 Å². The van der Waals surface area contributed by atoms with Gasteiger partial charge in [-0.2, -0.15) is 0 Å². The number of fused-ring (bicyclic) bond motifs is 1. The number of anilines is 1. The van der Waals surface area contributed by atoms with E-state index in [1.54, 1.807) is 11.3 Å². The van der Waals surface area contributed by atoms with E-state index in [9.17, 15) is 0 Å². The van der Waals surface area contributed by atoms with Gasteiger partial charge in [-0.15, -0.1) is 0 Å². The molecule has 0 amide bonds. The number of thiazole rings is 1. The van der Waals surface area contributed by atoms with Crippen molar-refractivity contribution in [2.24, 2.45) is 5.16 Å². The Morgan fingerprint density at radius 1 is 1.44 bits per heavy atom. The predicted molar refractivity (Wildman–Crippen MR) is 67.1 cm³/mol. The quantitative estimate of drug-likeness (QED) is 0.657. The molecule has 0 aliphatic rings. The molecule has 0 fully saturated rings. The molecule has 0 saturated carbocycles. The first-order chi connectivity index (χ1) is 7.76. The van der Waals surface area contributed by atoms with Crippen LogP contribution in [0, 0.1) is 0 Å². The van der Waals surface area contributed by atoms with Gasteiger partial charge in [0.05, 0.1) is 10.2 Å². The van der Waals surface area contributed by atoms with Crippen LogP contribution >= 0.6 is 11.3 Å². The Morgan fingerprint density at radius 3 is 2.94 bits per heavy atom. The fraction of sp³-hybridized carbons (Fsp3) is 0.364. The molecule has 1 heterocycles. The van der Waals surface area contributed by atoms with Crippen molar-refractivity contribution in [2.75, 3.05) is 12.3 Å². The minimum atomic E-state index is 0.583. The fourth-order valence-electron chi connectivity index (χ4n) is 1.59. The summed E-state index contributed by atoms with van der Waals surface area (Å²) in [7, 11) is 0. The van der Waals surface area contributed by atoms with E-state index in [0.29, 0.717) is 6.61 Å². The van der Waals surface area contributed by atoms with Gasteiger partial charge in [0.25, 0.3) is 0 Å². The highest BCUT2D eigenvalue weighted by Crippen LogP contribution is 2.20. The van der Waals surface area contributed by atoms with Crippen molar-refractivity contribution < 1.29 is 4.84 Å². The van der Waals surface area contributed by atoms with Crippen LogP contribution in [0.3, 0.4) is 0 Å². The average Bonchev–Trinajstić information content (AvgIpc) is 2.62. The van der Waals surface area contributed by atoms with E-state index < -0.39 is 0 Å². The normalized spacial score (nSPS) is 12.2. The number of benzene rings is 1. The minimum absolute atomic E-state index is 0.583. The summed E-state index contributed by atoms with van der Waals surface area (Å²) in [6.07, 6.45) is 0. The number of aryl methyl sites for hydroxylation is 1. The third-order valence-corrected chi connectivity index (χ3v) is 3.32. The summed E-state index contributed by atoms with van der Waals surface area (Å²) in [5.41, 5.74) is 7.69. The number of nitrogens with two attached hydrogens (primary N) is 1. The van der Waals surface area contributed by atoms with Crippen LogP contribution in [0.4, 0.5) is 5.69 Å². The molecule has 0 unspecified atom stereocenters. The molecule has 5 heteroatoms. The summed E-state index contributed by atoms with van der Waals surface area (Å²) < 4.78 is 3.26. The van der Waals surface area contributed by atoms with Gasteiger partial charge in [-0.3, -0.25) is 0 Å². The Kier molecular flexibility index (Phi) is 3.14. The molecule has 0 bridgehead atoms. The molecule has 0 aliphatic heterocycles. The van der Waals surface area contributed by atoms with Crippen molar-refractivity contribution in [2.45, 2.75) is 20.4 Å². The van der Waals surface area contributed by atoms with E-state index in [0.717, 1.165) is 27.3 Å². The van der Waals surface area contributed by atoms with Crippen LogP contribution in [-0.2, 0) is 11.4 Å². The SMILES string of the molecule is CCON=c1sc2cc(N)ccc2n1CC. The van der Waals surface area contributed by atoms with Gasteiger partial charge in [-0.1, -0.05) is 16.5 Å². The van der Waals surface area contributed by atoms with Crippen molar-refractivity contribution in [3.8, 4) is 0 Å². The van der Waals surface area contributed by atoms with Crippen LogP contribution in [-0.4, -0.2) is 11.2 Å². The van der Waals surface area contributed by atoms with Crippen molar-refractivity contribution in [1.82, 2.24) is 4.57 Å². The number of nitrogen functional groups attached to an aromatic ring is 1. The van der Waals surface area contributed by atoms with E-state index in [-0.39, 0.29) is 0 Å². The number of hydrogen-bond acceptors (Lipinski definition) is 4. The first-order valence-corrected chi connectivity index (χ1v) is 6.12. The molecule has 0 saturated heterocycles. The Morgan fingerprint density at radius 2 is 2.25 bits per heavy atom. The lowest BCUT2D eigenvalue weighted by atomic mass is 10.3. The van der Waals surface area contributed by atoms with E-state index in [1.807, 2.05) is 25.1 Å². The molecule has 16 heavy (non-hydrogen) atoms. The van der Waals surface area contributed by atoms with Crippen molar-refractivity contribution in [3.05, 3.63) is 23.0 Å². The molecule has 1 aromatic carbocycles. The third kappa shape index (κ3) is 1.90. The van der Waals surface area contributed by atoms with Crippen molar-refractivity contribution in [1.29, 1.82) is 0 Å². The average molecular weight is 237 g/mol. The first kappa shape index (κ1) is 11.0. The Hall–Kier alpha value is -1.49. The Bertz CT molecular complexity index is 556. The van der Waals surface area contributed by atoms with E-state index in [4.69, 9.17) is 10.6 Å². The van der Waals surface area contributed by atoms with Gasteiger partial charge < -0.3 is 15.1 Å². The molecule has 0 radical (unpaired) electrons. The van der Waals surface area contributed by atoms with E-state index in [2.05, 4.69) is 16.6 Å². The molecule has 2 rings (SSSR count). The smallest absolute Gasteiger partial charge is 0.228 e. The topological polar surface area (TPSA) is 52.5 Å². The van der Waals surface area contributed by atoms with Crippen LogP contribution < -0.4 is 10.5 Å². The first-order valence-electron chi connectivity index (χ1n) is 5.31. The second-order valence-electron chi connectivity index (χ2n) is 3.37. The summed E-state index contributed by atoms with van der Waals surface area (Å²) in [5, 5.41) is 4.10. The zero-order chi connectivity index (χ0) is 11.5. The molecule has 2 N–H and O–H groups in total. The highest BCUT2D eigenvalue weighted by Gasteiger charge is 2.04. The van der Waals surface area contributed by atoms with Gasteiger partial charge in [0, 0.05) is 12.2 Å². The molecular weight excluding hydrogens is 222 g/mol. The number of aromatic nitrogens is 1. The van der Waals surface area contributed by atoms with Crippen LogP contribution in [0.15, 0.2) is 23.4 Å². The largest absolute Gasteiger partial charge is 0.399 e. The summed E-state index contributed by atoms with van der Waals surface area (Å²) in [4.78, 5) is 5.98. The van der Waals surface area contributed by atoms with Crippen LogP contribution in [0.25, 0.3) is 10.2 Å². The van der Waals surface area contributed by atoms with Crippen LogP contribution in [0.5, 0.6) is 0 Å². The fourth-order valence-corrected chi connectivity index (χ4v) is 2.69. The van der Waals surface area contributed by atoms with Crippen LogP contribution in [0.1, 0.15) is 13.8 Å². The van der Waals surface area contributed by atoms with E-state index in [1.165, 1.54) is 0 Å². The van der Waals surface area contributed by atoms with Gasteiger partial charge in [0.15, 0.2) is 0 Å². The van der Waals surface area contributed by atoms with Gasteiger partial charge in [0.1, 0.15) is 6.61 Å². The van der Waals surface area contributed by atoms with Crippen molar-refractivity contribution >= 4 is 27.2 Å². The molecular formula is C11H15N3OS.